The second kappa shape index (κ2) is 8.94. The molecule has 2 atom stereocenters. The number of carbonyl (C=O) groups is 1. The minimum Gasteiger partial charge on any atom is -0.497 e. The van der Waals surface area contributed by atoms with Gasteiger partial charge < -0.3 is 20.1 Å². The summed E-state index contributed by atoms with van der Waals surface area (Å²) in [4.78, 5) is 13.7. The molecule has 2 N–H and O–H groups in total. The number of anilines is 2. The lowest BCUT2D eigenvalue weighted by Gasteiger charge is -2.31. The number of rotatable bonds is 4. The Balaban J connectivity index is 1.63. The van der Waals surface area contributed by atoms with Crippen LogP contribution in [0.15, 0.2) is 82.5 Å². The highest BCUT2D eigenvalue weighted by Gasteiger charge is 2.37. The lowest BCUT2D eigenvalue weighted by Crippen LogP contribution is -2.27. The van der Waals surface area contributed by atoms with E-state index in [9.17, 15) is 4.79 Å². The van der Waals surface area contributed by atoms with Gasteiger partial charge in [0.05, 0.1) is 31.6 Å². The smallest absolute Gasteiger partial charge is 0.163 e. The molecule has 0 saturated carbocycles. The molecule has 0 aromatic heterocycles. The van der Waals surface area contributed by atoms with E-state index in [4.69, 9.17) is 9.47 Å². The summed E-state index contributed by atoms with van der Waals surface area (Å²) < 4.78 is 12.1. The number of ketones is 1. The van der Waals surface area contributed by atoms with Crippen LogP contribution in [-0.4, -0.2) is 20.0 Å². The molecule has 0 spiro atoms. The highest BCUT2D eigenvalue weighted by molar-refractivity contribution is 9.10. The number of hydrogen-bond donors (Lipinski definition) is 2. The normalized spacial score (nSPS) is 19.5. The van der Waals surface area contributed by atoms with Crippen LogP contribution in [0.25, 0.3) is 0 Å². The second-order valence-electron chi connectivity index (χ2n) is 8.30. The van der Waals surface area contributed by atoms with Crippen molar-refractivity contribution in [3.8, 4) is 11.5 Å². The SMILES string of the molecule is COc1ccc(OC)c(C2CC(=O)C3=C(C2)Nc2ccccc2NC3c2ccccc2Br)c1. The number of carbonyl (C=O) groups excluding carboxylic acids is 1. The first kappa shape index (κ1) is 21.6. The second-order valence-corrected chi connectivity index (χ2v) is 9.15. The number of benzene rings is 3. The molecule has 5 rings (SSSR count). The number of methoxy groups -OCH3 is 2. The molecular formula is C27H25BrN2O3. The van der Waals surface area contributed by atoms with Gasteiger partial charge in [0.1, 0.15) is 11.5 Å². The molecule has 3 aromatic carbocycles. The topological polar surface area (TPSA) is 59.6 Å². The summed E-state index contributed by atoms with van der Waals surface area (Å²) >= 11 is 3.69. The predicted molar refractivity (Wildman–Crippen MR) is 134 cm³/mol. The van der Waals surface area contributed by atoms with E-state index < -0.39 is 0 Å². The maximum absolute atomic E-state index is 13.7. The van der Waals surface area contributed by atoms with E-state index >= 15 is 0 Å². The number of ether oxygens (including phenoxy) is 2. The van der Waals surface area contributed by atoms with E-state index in [0.717, 1.165) is 49.7 Å². The van der Waals surface area contributed by atoms with E-state index in [-0.39, 0.29) is 17.7 Å². The summed E-state index contributed by atoms with van der Waals surface area (Å²) in [5, 5.41) is 7.21. The van der Waals surface area contributed by atoms with Gasteiger partial charge in [-0.05, 0) is 48.4 Å². The first-order valence-corrected chi connectivity index (χ1v) is 11.7. The van der Waals surface area contributed by atoms with Crippen molar-refractivity contribution in [3.05, 3.63) is 93.6 Å². The lowest BCUT2D eigenvalue weighted by atomic mass is 9.78. The number of fused-ring (bicyclic) bond motifs is 1. The van der Waals surface area contributed by atoms with Crippen LogP contribution in [0.3, 0.4) is 0 Å². The van der Waals surface area contributed by atoms with Gasteiger partial charge in [-0.3, -0.25) is 4.79 Å². The van der Waals surface area contributed by atoms with Crippen molar-refractivity contribution < 1.29 is 14.3 Å². The minimum absolute atomic E-state index is 0.0149. The van der Waals surface area contributed by atoms with Crippen LogP contribution in [0.5, 0.6) is 11.5 Å². The van der Waals surface area contributed by atoms with E-state index in [1.807, 2.05) is 60.7 Å². The molecule has 33 heavy (non-hydrogen) atoms. The van der Waals surface area contributed by atoms with Crippen molar-refractivity contribution in [1.82, 2.24) is 0 Å². The molecule has 2 aliphatic rings. The zero-order valence-corrected chi connectivity index (χ0v) is 20.1. The van der Waals surface area contributed by atoms with Crippen LogP contribution in [0.4, 0.5) is 11.4 Å². The van der Waals surface area contributed by atoms with Crippen molar-refractivity contribution in [2.45, 2.75) is 24.8 Å². The van der Waals surface area contributed by atoms with Crippen LogP contribution in [-0.2, 0) is 4.79 Å². The number of allylic oxidation sites excluding steroid dienone is 1. The average Bonchev–Trinajstić information content (AvgIpc) is 3.00. The van der Waals surface area contributed by atoms with E-state index in [0.29, 0.717) is 12.8 Å². The molecule has 1 heterocycles. The van der Waals surface area contributed by atoms with Gasteiger partial charge in [-0.15, -0.1) is 0 Å². The number of nitrogens with one attached hydrogen (secondary N) is 2. The summed E-state index contributed by atoms with van der Waals surface area (Å²) in [6, 6.07) is 21.7. The maximum atomic E-state index is 13.7. The maximum Gasteiger partial charge on any atom is 0.163 e. The summed E-state index contributed by atoms with van der Waals surface area (Å²) in [5.41, 5.74) is 5.69. The summed E-state index contributed by atoms with van der Waals surface area (Å²) in [6.07, 6.45) is 1.10. The highest BCUT2D eigenvalue weighted by Crippen LogP contribution is 2.47. The number of para-hydroxylation sites is 2. The van der Waals surface area contributed by atoms with Crippen LogP contribution in [0, 0.1) is 0 Å². The zero-order valence-electron chi connectivity index (χ0n) is 18.5. The van der Waals surface area contributed by atoms with Crippen LogP contribution in [0.2, 0.25) is 0 Å². The molecule has 1 aliphatic heterocycles. The van der Waals surface area contributed by atoms with Crippen molar-refractivity contribution in [2.75, 3.05) is 24.9 Å². The predicted octanol–water partition coefficient (Wildman–Crippen LogP) is 6.45. The summed E-state index contributed by atoms with van der Waals surface area (Å²) in [6.45, 7) is 0. The van der Waals surface area contributed by atoms with Gasteiger partial charge in [-0.25, -0.2) is 0 Å². The number of hydrogen-bond acceptors (Lipinski definition) is 5. The first-order valence-electron chi connectivity index (χ1n) is 10.9. The van der Waals surface area contributed by atoms with Crippen LogP contribution >= 0.6 is 15.9 Å². The third kappa shape index (κ3) is 4.00. The Morgan fingerprint density at radius 1 is 0.879 bits per heavy atom. The Morgan fingerprint density at radius 3 is 2.39 bits per heavy atom. The Kier molecular flexibility index (Phi) is 5.85. The van der Waals surface area contributed by atoms with Crippen molar-refractivity contribution >= 4 is 33.1 Å². The minimum atomic E-state index is -0.257. The monoisotopic (exact) mass is 504 g/mol. The third-order valence-electron chi connectivity index (χ3n) is 6.40. The Labute approximate surface area is 201 Å². The molecule has 0 radical (unpaired) electrons. The number of Topliss-reactive ketones (excluding diaryl/α,β-unsaturated/α-hetero) is 1. The Bertz CT molecular complexity index is 1250. The first-order chi connectivity index (χ1) is 16.1. The lowest BCUT2D eigenvalue weighted by molar-refractivity contribution is -0.116. The molecule has 0 fully saturated rings. The van der Waals surface area contributed by atoms with Crippen LogP contribution < -0.4 is 20.1 Å². The van der Waals surface area contributed by atoms with Gasteiger partial charge in [-0.1, -0.05) is 46.3 Å². The molecule has 0 amide bonds. The van der Waals surface area contributed by atoms with Crippen molar-refractivity contribution in [2.24, 2.45) is 0 Å². The fourth-order valence-corrected chi connectivity index (χ4v) is 5.33. The fraction of sp³-hybridized carbons (Fsp3) is 0.222. The molecule has 5 nitrogen and oxygen atoms in total. The van der Waals surface area contributed by atoms with Gasteiger partial charge in [0, 0.05) is 33.6 Å². The van der Waals surface area contributed by atoms with E-state index in [2.05, 4.69) is 32.6 Å². The Hall–Kier alpha value is -3.25. The molecule has 0 saturated heterocycles. The zero-order chi connectivity index (χ0) is 22.9. The highest BCUT2D eigenvalue weighted by atomic mass is 79.9. The van der Waals surface area contributed by atoms with E-state index in [1.165, 1.54) is 0 Å². The quantitative estimate of drug-likeness (QED) is 0.427. The van der Waals surface area contributed by atoms with Crippen LogP contribution in [0.1, 0.15) is 35.9 Å². The van der Waals surface area contributed by atoms with Gasteiger partial charge in [-0.2, -0.15) is 0 Å². The molecule has 1 aliphatic carbocycles. The van der Waals surface area contributed by atoms with Gasteiger partial charge in [0.25, 0.3) is 0 Å². The summed E-state index contributed by atoms with van der Waals surface area (Å²) in [5.74, 6) is 1.63. The van der Waals surface area contributed by atoms with Gasteiger partial charge in [0.2, 0.25) is 0 Å². The van der Waals surface area contributed by atoms with Gasteiger partial charge in [0.15, 0.2) is 5.78 Å². The molecule has 2 unspecified atom stereocenters. The van der Waals surface area contributed by atoms with E-state index in [1.54, 1.807) is 14.2 Å². The van der Waals surface area contributed by atoms with Gasteiger partial charge >= 0.3 is 0 Å². The fourth-order valence-electron chi connectivity index (χ4n) is 4.81. The molecule has 168 valence electrons. The van der Waals surface area contributed by atoms with Crippen molar-refractivity contribution in [3.63, 3.8) is 0 Å². The molecule has 6 heteroatoms. The standard InChI is InChI=1S/C27H25BrN2O3/c1-32-17-11-12-25(33-2)19(15-17)16-13-23-26(24(31)14-16)27(18-7-3-4-8-20(18)28)30-22-10-6-5-9-21(22)29-23/h3-12,15-16,27,29-30H,13-14H2,1-2H3. The molecule has 0 bridgehead atoms. The van der Waals surface area contributed by atoms with Crippen molar-refractivity contribution in [1.29, 1.82) is 0 Å². The third-order valence-corrected chi connectivity index (χ3v) is 7.12. The molecule has 3 aromatic rings. The molecular weight excluding hydrogens is 480 g/mol. The Morgan fingerprint density at radius 2 is 1.64 bits per heavy atom. The average molecular weight is 505 g/mol. The summed E-state index contributed by atoms with van der Waals surface area (Å²) in [7, 11) is 3.31. The largest absolute Gasteiger partial charge is 0.497 e. The number of halogens is 1.